The molecule has 1 aliphatic carbocycles. The number of rotatable bonds is 6. The average Bonchev–Trinajstić information content (AvgIpc) is 3.11. The maximum Gasteiger partial charge on any atom is 0.335 e. The SMILES string of the molecule is CC1CC1CN(C)c1cc(C(=O)O)cc(N(C)S(C)(=O)=O)n1. The zero-order valence-electron chi connectivity index (χ0n) is 13.1. The number of carboxylic acid groups (broad SMARTS) is 1. The molecule has 2 rings (SSSR count). The molecule has 1 fully saturated rings. The van der Waals surface area contributed by atoms with Crippen molar-refractivity contribution in [3.05, 3.63) is 17.7 Å². The Labute approximate surface area is 130 Å². The van der Waals surface area contributed by atoms with Crippen molar-refractivity contribution in [1.29, 1.82) is 0 Å². The summed E-state index contributed by atoms with van der Waals surface area (Å²) in [4.78, 5) is 17.4. The Morgan fingerprint density at radius 2 is 1.91 bits per heavy atom. The summed E-state index contributed by atoms with van der Waals surface area (Å²) in [5.74, 6) is 0.706. The van der Waals surface area contributed by atoms with E-state index in [1.54, 1.807) is 0 Å². The van der Waals surface area contributed by atoms with Crippen molar-refractivity contribution in [2.24, 2.45) is 11.8 Å². The van der Waals surface area contributed by atoms with Crippen LogP contribution in [0.15, 0.2) is 12.1 Å². The van der Waals surface area contributed by atoms with Gasteiger partial charge in [0.15, 0.2) is 0 Å². The lowest BCUT2D eigenvalue weighted by atomic mass is 10.2. The van der Waals surface area contributed by atoms with Gasteiger partial charge in [-0.25, -0.2) is 18.2 Å². The molecule has 22 heavy (non-hydrogen) atoms. The third kappa shape index (κ3) is 3.68. The zero-order valence-corrected chi connectivity index (χ0v) is 14.0. The molecule has 1 heterocycles. The summed E-state index contributed by atoms with van der Waals surface area (Å²) in [7, 11) is -0.307. The van der Waals surface area contributed by atoms with Crippen molar-refractivity contribution in [3.63, 3.8) is 0 Å². The lowest BCUT2D eigenvalue weighted by molar-refractivity contribution is 0.0697. The van der Waals surface area contributed by atoms with E-state index in [0.717, 1.165) is 23.5 Å². The predicted molar refractivity (Wildman–Crippen MR) is 85.0 cm³/mol. The van der Waals surface area contributed by atoms with Crippen LogP contribution in [0, 0.1) is 11.8 Å². The highest BCUT2D eigenvalue weighted by Crippen LogP contribution is 2.38. The summed E-state index contributed by atoms with van der Waals surface area (Å²) in [6.07, 6.45) is 2.20. The number of hydrogen-bond acceptors (Lipinski definition) is 5. The minimum absolute atomic E-state index is 0.0196. The zero-order chi connectivity index (χ0) is 16.7. The molecule has 0 bridgehead atoms. The first kappa shape index (κ1) is 16.5. The number of carboxylic acids is 1. The lowest BCUT2D eigenvalue weighted by Crippen LogP contribution is -2.28. The fourth-order valence-electron chi connectivity index (χ4n) is 2.25. The summed E-state index contributed by atoms with van der Waals surface area (Å²) in [5, 5.41) is 9.22. The van der Waals surface area contributed by atoms with E-state index < -0.39 is 16.0 Å². The average molecular weight is 327 g/mol. The molecular formula is C14H21N3O4S. The van der Waals surface area contributed by atoms with Crippen LogP contribution < -0.4 is 9.21 Å². The molecule has 0 aliphatic heterocycles. The maximum atomic E-state index is 11.6. The fourth-order valence-corrected chi connectivity index (χ4v) is 2.68. The highest BCUT2D eigenvalue weighted by molar-refractivity contribution is 7.92. The van der Waals surface area contributed by atoms with Gasteiger partial charge in [0.2, 0.25) is 10.0 Å². The number of hydrogen-bond donors (Lipinski definition) is 1. The number of sulfonamides is 1. The fraction of sp³-hybridized carbons (Fsp3) is 0.571. The first-order valence-electron chi connectivity index (χ1n) is 7.00. The second kappa shape index (κ2) is 5.75. The Bertz CT molecular complexity index is 689. The van der Waals surface area contributed by atoms with E-state index in [9.17, 15) is 18.3 Å². The van der Waals surface area contributed by atoms with Crippen molar-refractivity contribution >= 4 is 27.6 Å². The Morgan fingerprint density at radius 3 is 2.36 bits per heavy atom. The summed E-state index contributed by atoms with van der Waals surface area (Å²) < 4.78 is 24.3. The topological polar surface area (TPSA) is 90.8 Å². The van der Waals surface area contributed by atoms with Gasteiger partial charge in [0.05, 0.1) is 11.8 Å². The molecule has 0 spiro atoms. The molecule has 1 saturated carbocycles. The molecule has 2 unspecified atom stereocenters. The third-order valence-electron chi connectivity index (χ3n) is 4.04. The van der Waals surface area contributed by atoms with Gasteiger partial charge in [0.1, 0.15) is 11.6 Å². The Hall–Kier alpha value is -1.83. The molecule has 2 atom stereocenters. The number of anilines is 2. The van der Waals surface area contributed by atoms with Crippen LogP contribution in [0.2, 0.25) is 0 Å². The van der Waals surface area contributed by atoms with E-state index in [0.29, 0.717) is 17.7 Å². The molecule has 1 aromatic heterocycles. The van der Waals surface area contributed by atoms with Gasteiger partial charge in [-0.05, 0) is 30.4 Å². The van der Waals surface area contributed by atoms with E-state index in [1.807, 2.05) is 11.9 Å². The lowest BCUT2D eigenvalue weighted by Gasteiger charge is -2.22. The molecule has 122 valence electrons. The normalized spacial score (nSPS) is 20.5. The maximum absolute atomic E-state index is 11.6. The molecule has 0 amide bonds. The van der Waals surface area contributed by atoms with Gasteiger partial charge in [-0.15, -0.1) is 0 Å². The van der Waals surface area contributed by atoms with Crippen LogP contribution in [0.5, 0.6) is 0 Å². The standard InChI is InChI=1S/C14H21N3O4S/c1-9-5-11(9)8-16(2)12-6-10(14(18)19)7-13(15-12)17(3)22(4,20)21/h6-7,9,11H,5,8H2,1-4H3,(H,18,19). The first-order valence-corrected chi connectivity index (χ1v) is 8.85. The third-order valence-corrected chi connectivity index (χ3v) is 5.22. The monoisotopic (exact) mass is 327 g/mol. The van der Waals surface area contributed by atoms with Gasteiger partial charge in [-0.2, -0.15) is 0 Å². The molecular weight excluding hydrogens is 306 g/mol. The molecule has 1 aromatic rings. The summed E-state index contributed by atoms with van der Waals surface area (Å²) in [5.41, 5.74) is 0.0196. The van der Waals surface area contributed by atoms with Gasteiger partial charge in [-0.3, -0.25) is 4.31 Å². The molecule has 0 aromatic carbocycles. The van der Waals surface area contributed by atoms with Crippen molar-refractivity contribution in [3.8, 4) is 0 Å². The Balaban J connectivity index is 2.36. The molecule has 7 nitrogen and oxygen atoms in total. The van der Waals surface area contributed by atoms with Gasteiger partial charge in [0, 0.05) is 20.6 Å². The highest BCUT2D eigenvalue weighted by atomic mass is 32.2. The van der Waals surface area contributed by atoms with Crippen LogP contribution in [0.3, 0.4) is 0 Å². The molecule has 0 radical (unpaired) electrons. The predicted octanol–water partition coefficient (Wildman–Crippen LogP) is 1.27. The number of carbonyl (C=O) groups is 1. The van der Waals surface area contributed by atoms with Crippen molar-refractivity contribution in [2.75, 3.05) is 36.1 Å². The van der Waals surface area contributed by atoms with Crippen molar-refractivity contribution in [1.82, 2.24) is 4.98 Å². The number of aromatic nitrogens is 1. The second-order valence-electron chi connectivity index (χ2n) is 5.96. The van der Waals surface area contributed by atoms with E-state index in [-0.39, 0.29) is 11.4 Å². The Kier molecular flexibility index (Phi) is 4.32. The number of pyridine rings is 1. The highest BCUT2D eigenvalue weighted by Gasteiger charge is 2.33. The number of aromatic carboxylic acids is 1. The first-order chi connectivity index (χ1) is 10.1. The van der Waals surface area contributed by atoms with Crippen LogP contribution in [0.4, 0.5) is 11.6 Å². The van der Waals surface area contributed by atoms with E-state index in [4.69, 9.17) is 0 Å². The smallest absolute Gasteiger partial charge is 0.335 e. The summed E-state index contributed by atoms with van der Waals surface area (Å²) in [6.45, 7) is 2.95. The summed E-state index contributed by atoms with van der Waals surface area (Å²) >= 11 is 0. The van der Waals surface area contributed by atoms with Gasteiger partial charge in [-0.1, -0.05) is 6.92 Å². The van der Waals surface area contributed by atoms with Gasteiger partial charge < -0.3 is 10.0 Å². The quantitative estimate of drug-likeness (QED) is 0.846. The van der Waals surface area contributed by atoms with Crippen molar-refractivity contribution < 1.29 is 18.3 Å². The van der Waals surface area contributed by atoms with Crippen LogP contribution >= 0.6 is 0 Å². The van der Waals surface area contributed by atoms with Crippen LogP contribution in [-0.4, -0.2) is 51.4 Å². The van der Waals surface area contributed by atoms with Crippen LogP contribution in [0.25, 0.3) is 0 Å². The number of nitrogens with zero attached hydrogens (tertiary/aromatic N) is 3. The molecule has 0 saturated heterocycles. The largest absolute Gasteiger partial charge is 0.478 e. The molecule has 8 heteroatoms. The Morgan fingerprint density at radius 1 is 1.36 bits per heavy atom. The molecule has 1 aliphatic rings. The van der Waals surface area contributed by atoms with E-state index in [1.165, 1.54) is 19.2 Å². The minimum Gasteiger partial charge on any atom is -0.478 e. The van der Waals surface area contributed by atoms with Crippen molar-refractivity contribution in [2.45, 2.75) is 13.3 Å². The summed E-state index contributed by atoms with van der Waals surface area (Å²) in [6, 6.07) is 2.73. The van der Waals surface area contributed by atoms with Crippen LogP contribution in [-0.2, 0) is 10.0 Å². The van der Waals surface area contributed by atoms with Gasteiger partial charge in [0.25, 0.3) is 0 Å². The van der Waals surface area contributed by atoms with Crippen LogP contribution in [0.1, 0.15) is 23.7 Å². The second-order valence-corrected chi connectivity index (χ2v) is 7.98. The van der Waals surface area contributed by atoms with Gasteiger partial charge >= 0.3 is 5.97 Å². The minimum atomic E-state index is -3.50. The van der Waals surface area contributed by atoms with E-state index >= 15 is 0 Å². The molecule has 1 N–H and O–H groups in total. The van der Waals surface area contributed by atoms with E-state index in [2.05, 4.69) is 11.9 Å².